The predicted molar refractivity (Wildman–Crippen MR) is 67.8 cm³/mol. The molecule has 0 aliphatic heterocycles. The van der Waals surface area contributed by atoms with Crippen molar-refractivity contribution in [3.05, 3.63) is 45.0 Å². The summed E-state index contributed by atoms with van der Waals surface area (Å²) in [6, 6.07) is 4.50. The van der Waals surface area contributed by atoms with Crippen molar-refractivity contribution in [1.29, 1.82) is 0 Å². The van der Waals surface area contributed by atoms with Gasteiger partial charge in [-0.05, 0) is 18.2 Å². The fourth-order valence-corrected chi connectivity index (χ4v) is 2.39. The molecule has 0 spiro atoms. The Morgan fingerprint density at radius 2 is 2.33 bits per heavy atom. The molecule has 0 unspecified atom stereocenters. The number of nitrogens with one attached hydrogen (secondary N) is 1. The minimum absolute atomic E-state index is 0.133. The van der Waals surface area contributed by atoms with Crippen molar-refractivity contribution in [2.75, 3.05) is 5.32 Å². The quantitative estimate of drug-likeness (QED) is 0.906. The number of nitrogens with zero attached hydrogens (tertiary/aromatic N) is 1. The van der Waals surface area contributed by atoms with Crippen molar-refractivity contribution >= 4 is 34.7 Å². The normalized spacial score (nSPS) is 10.3. The molecule has 2 heterocycles. The molecule has 0 aliphatic rings. The first kappa shape index (κ1) is 12.8. The Kier molecular flexibility index (Phi) is 3.78. The maximum absolute atomic E-state index is 12.9. The summed E-state index contributed by atoms with van der Waals surface area (Å²) in [5.41, 5.74) is -0.197. The molecule has 4 nitrogen and oxygen atoms in total. The summed E-state index contributed by atoms with van der Waals surface area (Å²) >= 11 is 7.15. The molecule has 0 aromatic carbocycles. The number of hydrogen-bond donors (Lipinski definition) is 2. The van der Waals surface area contributed by atoms with Crippen LogP contribution in [0.4, 0.5) is 10.2 Å². The molecule has 0 aliphatic carbocycles. The maximum Gasteiger partial charge on any atom is 0.339 e. The molecule has 0 fully saturated rings. The molecule has 2 rings (SSSR count). The number of carboxylic acids is 1. The van der Waals surface area contributed by atoms with Gasteiger partial charge in [-0.3, -0.25) is 0 Å². The van der Waals surface area contributed by atoms with Gasteiger partial charge >= 0.3 is 5.97 Å². The molecule has 0 radical (unpaired) electrons. The van der Waals surface area contributed by atoms with E-state index in [1.165, 1.54) is 11.3 Å². The maximum atomic E-state index is 12.9. The van der Waals surface area contributed by atoms with Crippen LogP contribution in [0, 0.1) is 5.82 Å². The molecule has 94 valence electrons. The fourth-order valence-electron chi connectivity index (χ4n) is 1.36. The van der Waals surface area contributed by atoms with Gasteiger partial charge in [0, 0.05) is 4.88 Å². The van der Waals surface area contributed by atoms with Crippen molar-refractivity contribution in [3.8, 4) is 0 Å². The van der Waals surface area contributed by atoms with Gasteiger partial charge < -0.3 is 10.4 Å². The number of pyridine rings is 1. The van der Waals surface area contributed by atoms with Crippen LogP contribution in [0.3, 0.4) is 0 Å². The monoisotopic (exact) mass is 286 g/mol. The number of anilines is 1. The first-order valence-corrected chi connectivity index (χ1v) is 6.12. The van der Waals surface area contributed by atoms with Crippen LogP contribution in [0.2, 0.25) is 4.34 Å². The topological polar surface area (TPSA) is 62.2 Å². The van der Waals surface area contributed by atoms with Gasteiger partial charge in [-0.2, -0.15) is 0 Å². The summed E-state index contributed by atoms with van der Waals surface area (Å²) in [4.78, 5) is 15.6. The molecule has 0 atom stereocenters. The Morgan fingerprint density at radius 1 is 1.56 bits per heavy atom. The standard InChI is InChI=1S/C11H8ClFN2O2S/c12-9-2-1-7(18-9)5-15-10-8(11(16)17)3-6(13)4-14-10/h1-4H,5H2,(H,14,15)(H,16,17). The van der Waals surface area contributed by atoms with Crippen LogP contribution in [0.5, 0.6) is 0 Å². The van der Waals surface area contributed by atoms with Gasteiger partial charge in [-0.1, -0.05) is 11.6 Å². The average molecular weight is 287 g/mol. The molecule has 0 bridgehead atoms. The number of hydrogen-bond acceptors (Lipinski definition) is 4. The second-order valence-electron chi connectivity index (χ2n) is 3.41. The fraction of sp³-hybridized carbons (Fsp3) is 0.0909. The highest BCUT2D eigenvalue weighted by molar-refractivity contribution is 7.16. The Balaban J connectivity index is 2.16. The highest BCUT2D eigenvalue weighted by atomic mass is 35.5. The van der Waals surface area contributed by atoms with Gasteiger partial charge in [-0.25, -0.2) is 14.2 Å². The van der Waals surface area contributed by atoms with Gasteiger partial charge in [0.1, 0.15) is 17.2 Å². The van der Waals surface area contributed by atoms with E-state index in [1.807, 2.05) is 6.07 Å². The van der Waals surface area contributed by atoms with Gasteiger partial charge in [0.25, 0.3) is 0 Å². The first-order valence-electron chi connectivity index (χ1n) is 4.93. The van der Waals surface area contributed by atoms with E-state index in [-0.39, 0.29) is 11.4 Å². The largest absolute Gasteiger partial charge is 0.478 e. The van der Waals surface area contributed by atoms with Crippen LogP contribution in [-0.4, -0.2) is 16.1 Å². The minimum atomic E-state index is -1.23. The van der Waals surface area contributed by atoms with Gasteiger partial charge in [0.15, 0.2) is 0 Å². The Morgan fingerprint density at radius 3 is 2.94 bits per heavy atom. The van der Waals surface area contributed by atoms with Crippen LogP contribution >= 0.6 is 22.9 Å². The lowest BCUT2D eigenvalue weighted by Gasteiger charge is -2.07. The number of aromatic carboxylic acids is 1. The van der Waals surface area contributed by atoms with E-state index >= 15 is 0 Å². The van der Waals surface area contributed by atoms with Crippen molar-refractivity contribution in [1.82, 2.24) is 4.98 Å². The molecule has 2 aromatic heterocycles. The number of carbonyl (C=O) groups is 1. The molecule has 7 heteroatoms. The second-order valence-corrected chi connectivity index (χ2v) is 5.21. The Bertz CT molecular complexity index is 588. The highest BCUT2D eigenvalue weighted by Gasteiger charge is 2.12. The van der Waals surface area contributed by atoms with Crippen LogP contribution in [0.25, 0.3) is 0 Å². The van der Waals surface area contributed by atoms with Gasteiger partial charge in [-0.15, -0.1) is 11.3 Å². The average Bonchev–Trinajstić information content (AvgIpc) is 2.73. The molecule has 2 N–H and O–H groups in total. The third kappa shape index (κ3) is 2.96. The predicted octanol–water partition coefficient (Wildman–Crippen LogP) is 3.25. The van der Waals surface area contributed by atoms with E-state index in [9.17, 15) is 9.18 Å². The van der Waals surface area contributed by atoms with Crippen molar-refractivity contribution in [2.24, 2.45) is 0 Å². The number of rotatable bonds is 4. The van der Waals surface area contributed by atoms with Crippen LogP contribution in [0.1, 0.15) is 15.2 Å². The van der Waals surface area contributed by atoms with Gasteiger partial charge in [0.2, 0.25) is 0 Å². The lowest BCUT2D eigenvalue weighted by Crippen LogP contribution is -2.08. The lowest BCUT2D eigenvalue weighted by molar-refractivity contribution is 0.0697. The molecule has 0 amide bonds. The molecule has 2 aromatic rings. The highest BCUT2D eigenvalue weighted by Crippen LogP contribution is 2.22. The molecule has 0 saturated carbocycles. The number of thiophene rings is 1. The van der Waals surface area contributed by atoms with Crippen molar-refractivity contribution < 1.29 is 14.3 Å². The molecular formula is C11H8ClFN2O2S. The lowest BCUT2D eigenvalue weighted by atomic mass is 10.2. The zero-order valence-corrected chi connectivity index (χ0v) is 10.6. The van der Waals surface area contributed by atoms with Crippen LogP contribution < -0.4 is 5.32 Å². The van der Waals surface area contributed by atoms with E-state index in [4.69, 9.17) is 16.7 Å². The van der Waals surface area contributed by atoms with Crippen molar-refractivity contribution in [2.45, 2.75) is 6.54 Å². The Labute approximate surface area is 111 Å². The third-order valence-corrected chi connectivity index (χ3v) is 3.37. The number of halogens is 2. The zero-order chi connectivity index (χ0) is 13.1. The second kappa shape index (κ2) is 5.32. The number of carboxylic acid groups (broad SMARTS) is 1. The summed E-state index contributed by atoms with van der Waals surface area (Å²) in [5.74, 6) is -1.78. The zero-order valence-electron chi connectivity index (χ0n) is 8.98. The summed E-state index contributed by atoms with van der Waals surface area (Å²) in [7, 11) is 0. The first-order chi connectivity index (χ1) is 8.56. The van der Waals surface area contributed by atoms with Gasteiger partial charge in [0.05, 0.1) is 17.1 Å². The van der Waals surface area contributed by atoms with Crippen molar-refractivity contribution in [3.63, 3.8) is 0 Å². The van der Waals surface area contributed by atoms with E-state index in [1.54, 1.807) is 6.07 Å². The molecular weight excluding hydrogens is 279 g/mol. The molecule has 18 heavy (non-hydrogen) atoms. The smallest absolute Gasteiger partial charge is 0.339 e. The number of aromatic nitrogens is 1. The summed E-state index contributed by atoms with van der Waals surface area (Å²) in [5, 5.41) is 11.8. The van der Waals surface area contributed by atoms with Crippen LogP contribution in [0.15, 0.2) is 24.4 Å². The Hall–Kier alpha value is -1.66. The van der Waals surface area contributed by atoms with E-state index in [0.29, 0.717) is 10.9 Å². The third-order valence-electron chi connectivity index (χ3n) is 2.14. The SMILES string of the molecule is O=C(O)c1cc(F)cnc1NCc1ccc(Cl)s1. The minimum Gasteiger partial charge on any atom is -0.478 e. The van der Waals surface area contributed by atoms with Crippen LogP contribution in [-0.2, 0) is 6.54 Å². The summed E-state index contributed by atoms with van der Waals surface area (Å²) in [6.45, 7) is 0.385. The summed E-state index contributed by atoms with van der Waals surface area (Å²) in [6.07, 6.45) is 0.968. The molecule has 0 saturated heterocycles. The summed E-state index contributed by atoms with van der Waals surface area (Å²) < 4.78 is 13.6. The van der Waals surface area contributed by atoms with E-state index in [0.717, 1.165) is 17.1 Å². The van der Waals surface area contributed by atoms with E-state index in [2.05, 4.69) is 10.3 Å². The van der Waals surface area contributed by atoms with E-state index < -0.39 is 11.8 Å².